The molecule has 0 bridgehead atoms. The fourth-order valence-electron chi connectivity index (χ4n) is 2.99. The zero-order chi connectivity index (χ0) is 20.5. The average molecular weight is 448 g/mol. The van der Waals surface area contributed by atoms with Crippen LogP contribution in [0.1, 0.15) is 61.6 Å². The highest BCUT2D eigenvalue weighted by Crippen LogP contribution is 2.28. The molecule has 2 aromatic rings. The van der Waals surface area contributed by atoms with Crippen LogP contribution in [0, 0.1) is 0 Å². The highest BCUT2D eigenvalue weighted by Gasteiger charge is 2.25. The molecule has 0 aliphatic rings. The summed E-state index contributed by atoms with van der Waals surface area (Å²) in [6.45, 7) is 4.70. The van der Waals surface area contributed by atoms with Crippen LogP contribution in [-0.4, -0.2) is 35.6 Å². The maximum Gasteiger partial charge on any atom is 0.253 e. The van der Waals surface area contributed by atoms with Crippen molar-refractivity contribution in [2.75, 3.05) is 13.7 Å². The van der Waals surface area contributed by atoms with Gasteiger partial charge in [0.15, 0.2) is 0 Å². The van der Waals surface area contributed by atoms with E-state index >= 15 is 0 Å². The quantitative estimate of drug-likeness (QED) is 0.482. The number of halogens is 1. The fraction of sp³-hybridized carbons (Fsp3) is 0.435. The second-order valence-corrected chi connectivity index (χ2v) is 7.92. The van der Waals surface area contributed by atoms with E-state index < -0.39 is 6.10 Å². The van der Waals surface area contributed by atoms with E-state index in [4.69, 9.17) is 4.74 Å². The standard InChI is InChI=1S/C23H30BrNO3/c1-4-5-6-10-15-28-21-14-13-19(16-20(21)24)23(27)25(3)17(2)22(26)18-11-8-7-9-12-18/h7-9,11-14,16-17,22,26H,4-6,10,15H2,1-3H3. The lowest BCUT2D eigenvalue weighted by molar-refractivity contribution is 0.0487. The van der Waals surface area contributed by atoms with Crippen LogP contribution in [0.25, 0.3) is 0 Å². The van der Waals surface area contributed by atoms with Crippen molar-refractivity contribution in [1.29, 1.82) is 0 Å². The van der Waals surface area contributed by atoms with Crippen LogP contribution < -0.4 is 4.74 Å². The first kappa shape index (κ1) is 22.4. The molecule has 2 unspecified atom stereocenters. The second-order valence-electron chi connectivity index (χ2n) is 7.07. The highest BCUT2D eigenvalue weighted by molar-refractivity contribution is 9.10. The molecular formula is C23H30BrNO3. The Balaban J connectivity index is 1.99. The number of likely N-dealkylation sites (N-methyl/N-ethyl adjacent to an activating group) is 1. The number of carbonyl (C=O) groups excluding carboxylic acids is 1. The zero-order valence-corrected chi connectivity index (χ0v) is 18.5. The minimum Gasteiger partial charge on any atom is -0.492 e. The molecule has 0 saturated heterocycles. The number of unbranched alkanes of at least 4 members (excludes halogenated alkanes) is 3. The van der Waals surface area contributed by atoms with Gasteiger partial charge in [0.05, 0.1) is 23.2 Å². The molecule has 152 valence electrons. The van der Waals surface area contributed by atoms with Gasteiger partial charge in [-0.15, -0.1) is 0 Å². The Bertz CT molecular complexity index is 751. The summed E-state index contributed by atoms with van der Waals surface area (Å²) in [4.78, 5) is 14.4. The lowest BCUT2D eigenvalue weighted by Gasteiger charge is -2.29. The van der Waals surface area contributed by atoms with Crippen LogP contribution in [0.4, 0.5) is 0 Å². The monoisotopic (exact) mass is 447 g/mol. The van der Waals surface area contributed by atoms with Crippen LogP contribution in [0.5, 0.6) is 5.75 Å². The van der Waals surface area contributed by atoms with Crippen molar-refractivity contribution in [3.63, 3.8) is 0 Å². The first-order valence-electron chi connectivity index (χ1n) is 9.88. The topological polar surface area (TPSA) is 49.8 Å². The van der Waals surface area contributed by atoms with E-state index in [0.717, 1.165) is 28.6 Å². The number of amides is 1. The summed E-state index contributed by atoms with van der Waals surface area (Å²) in [6, 6.07) is 14.4. The maximum atomic E-state index is 12.9. The van der Waals surface area contributed by atoms with E-state index in [-0.39, 0.29) is 11.9 Å². The summed E-state index contributed by atoms with van der Waals surface area (Å²) in [6.07, 6.45) is 3.86. The molecular weight excluding hydrogens is 418 g/mol. The molecule has 1 amide bonds. The maximum absolute atomic E-state index is 12.9. The first-order chi connectivity index (χ1) is 13.5. The average Bonchev–Trinajstić information content (AvgIpc) is 2.73. The van der Waals surface area contributed by atoms with E-state index in [1.54, 1.807) is 24.1 Å². The third-order valence-electron chi connectivity index (χ3n) is 4.96. The van der Waals surface area contributed by atoms with Gasteiger partial charge in [-0.05, 0) is 53.0 Å². The molecule has 5 heteroatoms. The van der Waals surface area contributed by atoms with Crippen molar-refractivity contribution in [2.45, 2.75) is 51.7 Å². The smallest absolute Gasteiger partial charge is 0.253 e. The fourth-order valence-corrected chi connectivity index (χ4v) is 3.48. The summed E-state index contributed by atoms with van der Waals surface area (Å²) in [5, 5.41) is 10.6. The van der Waals surface area contributed by atoms with Crippen molar-refractivity contribution >= 4 is 21.8 Å². The van der Waals surface area contributed by atoms with Gasteiger partial charge in [0.25, 0.3) is 5.91 Å². The summed E-state index contributed by atoms with van der Waals surface area (Å²) >= 11 is 3.50. The largest absolute Gasteiger partial charge is 0.492 e. The number of hydrogen-bond acceptors (Lipinski definition) is 3. The molecule has 0 aliphatic heterocycles. The van der Waals surface area contributed by atoms with Gasteiger partial charge in [-0.1, -0.05) is 56.5 Å². The van der Waals surface area contributed by atoms with Gasteiger partial charge in [-0.2, -0.15) is 0 Å². The Morgan fingerprint density at radius 2 is 1.86 bits per heavy atom. The lowest BCUT2D eigenvalue weighted by atomic mass is 10.0. The first-order valence-corrected chi connectivity index (χ1v) is 10.7. The van der Waals surface area contributed by atoms with Crippen molar-refractivity contribution in [3.05, 3.63) is 64.1 Å². The molecule has 0 fully saturated rings. The Morgan fingerprint density at radius 3 is 2.50 bits per heavy atom. The predicted octanol–water partition coefficient (Wildman–Crippen LogP) is 5.60. The Morgan fingerprint density at radius 1 is 1.14 bits per heavy atom. The number of carbonyl (C=O) groups is 1. The van der Waals surface area contributed by atoms with Crippen LogP contribution >= 0.6 is 15.9 Å². The van der Waals surface area contributed by atoms with E-state index in [0.29, 0.717) is 12.2 Å². The van der Waals surface area contributed by atoms with E-state index in [9.17, 15) is 9.90 Å². The number of aliphatic hydroxyl groups excluding tert-OH is 1. The number of hydrogen-bond donors (Lipinski definition) is 1. The van der Waals surface area contributed by atoms with Crippen molar-refractivity contribution in [3.8, 4) is 5.75 Å². The molecule has 0 saturated carbocycles. The molecule has 0 radical (unpaired) electrons. The van der Waals surface area contributed by atoms with Gasteiger partial charge in [0, 0.05) is 12.6 Å². The van der Waals surface area contributed by atoms with Crippen molar-refractivity contribution in [2.24, 2.45) is 0 Å². The third-order valence-corrected chi connectivity index (χ3v) is 5.58. The van der Waals surface area contributed by atoms with Gasteiger partial charge < -0.3 is 14.7 Å². The second kappa shape index (κ2) is 11.2. The number of ether oxygens (including phenoxy) is 1. The van der Waals surface area contributed by atoms with Gasteiger partial charge in [-0.25, -0.2) is 0 Å². The van der Waals surface area contributed by atoms with Crippen LogP contribution in [0.15, 0.2) is 53.0 Å². The molecule has 4 nitrogen and oxygen atoms in total. The molecule has 1 N–H and O–H groups in total. The highest BCUT2D eigenvalue weighted by atomic mass is 79.9. The van der Waals surface area contributed by atoms with Gasteiger partial charge in [0.2, 0.25) is 0 Å². The Kier molecular flexibility index (Phi) is 9.00. The van der Waals surface area contributed by atoms with Gasteiger partial charge in [0.1, 0.15) is 5.75 Å². The van der Waals surface area contributed by atoms with E-state index in [1.807, 2.05) is 43.3 Å². The molecule has 0 aromatic heterocycles. The normalized spacial score (nSPS) is 13.0. The van der Waals surface area contributed by atoms with Crippen molar-refractivity contribution < 1.29 is 14.6 Å². The van der Waals surface area contributed by atoms with Crippen LogP contribution in [-0.2, 0) is 0 Å². The molecule has 0 spiro atoms. The molecule has 2 aromatic carbocycles. The SMILES string of the molecule is CCCCCCOc1ccc(C(=O)N(C)C(C)C(O)c2ccccc2)cc1Br. The molecule has 0 aliphatic carbocycles. The van der Waals surface area contributed by atoms with Crippen molar-refractivity contribution in [1.82, 2.24) is 4.90 Å². The predicted molar refractivity (Wildman–Crippen MR) is 117 cm³/mol. The number of benzene rings is 2. The molecule has 2 rings (SSSR count). The lowest BCUT2D eigenvalue weighted by Crippen LogP contribution is -2.39. The van der Waals surface area contributed by atoms with Crippen LogP contribution in [0.2, 0.25) is 0 Å². The van der Waals surface area contributed by atoms with Gasteiger partial charge >= 0.3 is 0 Å². The molecule has 2 atom stereocenters. The molecule has 28 heavy (non-hydrogen) atoms. The zero-order valence-electron chi connectivity index (χ0n) is 16.9. The summed E-state index contributed by atoms with van der Waals surface area (Å²) in [5.41, 5.74) is 1.35. The third kappa shape index (κ3) is 6.08. The Hall–Kier alpha value is -1.85. The van der Waals surface area contributed by atoms with E-state index in [1.165, 1.54) is 12.8 Å². The number of nitrogens with zero attached hydrogens (tertiary/aromatic N) is 1. The minimum atomic E-state index is -0.746. The minimum absolute atomic E-state index is 0.141. The summed E-state index contributed by atoms with van der Waals surface area (Å²) in [5.74, 6) is 0.603. The van der Waals surface area contributed by atoms with Crippen LogP contribution in [0.3, 0.4) is 0 Å². The van der Waals surface area contributed by atoms with Gasteiger partial charge in [-0.3, -0.25) is 4.79 Å². The summed E-state index contributed by atoms with van der Waals surface area (Å²) < 4.78 is 6.57. The number of aliphatic hydroxyl groups is 1. The Labute approximate surface area is 176 Å². The van der Waals surface area contributed by atoms with E-state index in [2.05, 4.69) is 22.9 Å². The summed E-state index contributed by atoms with van der Waals surface area (Å²) in [7, 11) is 1.71. The number of rotatable bonds is 10. The molecule has 0 heterocycles.